The lowest BCUT2D eigenvalue weighted by molar-refractivity contribution is 0.415. The molecule has 0 atom stereocenters. The van der Waals surface area contributed by atoms with Gasteiger partial charge in [-0.2, -0.15) is 0 Å². The summed E-state index contributed by atoms with van der Waals surface area (Å²) in [6, 6.07) is 10.3. The molecular formula is C17H22IN3OS. The summed E-state index contributed by atoms with van der Waals surface area (Å²) in [4.78, 5) is 5.42. The van der Waals surface area contributed by atoms with Crippen LogP contribution < -0.4 is 15.4 Å². The van der Waals surface area contributed by atoms with Crippen LogP contribution in [0.4, 0.5) is 0 Å². The van der Waals surface area contributed by atoms with Crippen LogP contribution in [0.5, 0.6) is 5.75 Å². The van der Waals surface area contributed by atoms with E-state index in [0.29, 0.717) is 6.54 Å². The SMILES string of the molecule is C=CCNC(=NC)NCc1cc(-c2ccc(OC)cc2)cs1.I. The first-order valence-electron chi connectivity index (χ1n) is 7.04. The van der Waals surface area contributed by atoms with E-state index in [1.807, 2.05) is 12.1 Å². The summed E-state index contributed by atoms with van der Waals surface area (Å²) in [5.74, 6) is 1.65. The number of rotatable bonds is 6. The predicted molar refractivity (Wildman–Crippen MR) is 110 cm³/mol. The van der Waals surface area contributed by atoms with Crippen molar-refractivity contribution in [2.45, 2.75) is 6.54 Å². The van der Waals surface area contributed by atoms with Gasteiger partial charge >= 0.3 is 0 Å². The summed E-state index contributed by atoms with van der Waals surface area (Å²) in [7, 11) is 3.44. The van der Waals surface area contributed by atoms with Gasteiger partial charge in [0, 0.05) is 18.5 Å². The summed E-state index contributed by atoms with van der Waals surface area (Å²) in [5.41, 5.74) is 2.41. The fourth-order valence-electron chi connectivity index (χ4n) is 1.97. The van der Waals surface area contributed by atoms with Crippen LogP contribution >= 0.6 is 35.3 Å². The molecule has 0 amide bonds. The molecule has 0 aliphatic heterocycles. The van der Waals surface area contributed by atoms with Crippen molar-refractivity contribution in [3.05, 3.63) is 53.2 Å². The maximum Gasteiger partial charge on any atom is 0.191 e. The lowest BCUT2D eigenvalue weighted by Crippen LogP contribution is -2.36. The Hall–Kier alpha value is -1.54. The number of aliphatic imine (C=N–C) groups is 1. The number of hydrogen-bond donors (Lipinski definition) is 2. The van der Waals surface area contributed by atoms with Crippen molar-refractivity contribution in [2.75, 3.05) is 20.7 Å². The number of halogens is 1. The van der Waals surface area contributed by atoms with Gasteiger partial charge < -0.3 is 15.4 Å². The first-order valence-corrected chi connectivity index (χ1v) is 7.92. The molecule has 4 nitrogen and oxygen atoms in total. The number of guanidine groups is 1. The Labute approximate surface area is 158 Å². The molecule has 0 spiro atoms. The van der Waals surface area contributed by atoms with E-state index in [4.69, 9.17) is 4.74 Å². The summed E-state index contributed by atoms with van der Waals surface area (Å²) < 4.78 is 5.19. The molecule has 0 radical (unpaired) electrons. The average Bonchev–Trinajstić information content (AvgIpc) is 3.04. The summed E-state index contributed by atoms with van der Waals surface area (Å²) in [6.07, 6.45) is 1.81. The molecule has 0 saturated carbocycles. The maximum atomic E-state index is 5.19. The first kappa shape index (κ1) is 19.5. The van der Waals surface area contributed by atoms with Crippen molar-refractivity contribution < 1.29 is 4.74 Å². The molecule has 0 unspecified atom stereocenters. The molecule has 0 fully saturated rings. The van der Waals surface area contributed by atoms with Crippen molar-refractivity contribution in [2.24, 2.45) is 4.99 Å². The maximum absolute atomic E-state index is 5.19. The fraction of sp³-hybridized carbons (Fsp3) is 0.235. The number of benzene rings is 1. The monoisotopic (exact) mass is 443 g/mol. The molecule has 2 rings (SSSR count). The highest BCUT2D eigenvalue weighted by Gasteiger charge is 2.04. The average molecular weight is 443 g/mol. The highest BCUT2D eigenvalue weighted by atomic mass is 127. The van der Waals surface area contributed by atoms with Crippen LogP contribution in [0.15, 0.2) is 53.4 Å². The number of nitrogens with zero attached hydrogens (tertiary/aromatic N) is 1. The first-order chi connectivity index (χ1) is 10.8. The third-order valence-electron chi connectivity index (χ3n) is 3.14. The van der Waals surface area contributed by atoms with E-state index >= 15 is 0 Å². The van der Waals surface area contributed by atoms with Gasteiger partial charge in [0.15, 0.2) is 5.96 Å². The number of thiophene rings is 1. The third kappa shape index (κ3) is 5.87. The molecule has 1 aromatic heterocycles. The van der Waals surface area contributed by atoms with E-state index in [-0.39, 0.29) is 24.0 Å². The lowest BCUT2D eigenvalue weighted by atomic mass is 10.1. The number of hydrogen-bond acceptors (Lipinski definition) is 3. The van der Waals surface area contributed by atoms with E-state index in [0.717, 1.165) is 18.3 Å². The van der Waals surface area contributed by atoms with Crippen molar-refractivity contribution >= 4 is 41.3 Å². The Morgan fingerprint density at radius 2 is 2.00 bits per heavy atom. The minimum Gasteiger partial charge on any atom is -0.497 e. The van der Waals surface area contributed by atoms with Gasteiger partial charge in [-0.3, -0.25) is 4.99 Å². The van der Waals surface area contributed by atoms with Crippen molar-refractivity contribution in [1.82, 2.24) is 10.6 Å². The molecular weight excluding hydrogens is 421 g/mol. The zero-order valence-corrected chi connectivity index (χ0v) is 16.5. The molecule has 23 heavy (non-hydrogen) atoms. The van der Waals surface area contributed by atoms with Gasteiger partial charge in [0.1, 0.15) is 5.75 Å². The molecule has 1 aromatic carbocycles. The quantitative estimate of drug-likeness (QED) is 0.308. The van der Waals surface area contributed by atoms with E-state index in [1.54, 1.807) is 31.6 Å². The molecule has 6 heteroatoms. The molecule has 124 valence electrons. The lowest BCUT2D eigenvalue weighted by Gasteiger charge is -2.08. The van der Waals surface area contributed by atoms with Gasteiger partial charge in [-0.05, 0) is 34.7 Å². The Kier molecular flexibility index (Phi) is 8.71. The number of ether oxygens (including phenoxy) is 1. The van der Waals surface area contributed by atoms with Crippen LogP contribution in [0, 0.1) is 0 Å². The van der Waals surface area contributed by atoms with Gasteiger partial charge in [0.2, 0.25) is 0 Å². The highest BCUT2D eigenvalue weighted by molar-refractivity contribution is 14.0. The zero-order chi connectivity index (χ0) is 15.8. The Balaban J connectivity index is 0.00000264. The van der Waals surface area contributed by atoms with Crippen molar-refractivity contribution in [1.29, 1.82) is 0 Å². The molecule has 1 heterocycles. The van der Waals surface area contributed by atoms with Crippen LogP contribution in [0.3, 0.4) is 0 Å². The third-order valence-corrected chi connectivity index (χ3v) is 4.08. The normalized spacial score (nSPS) is 10.6. The predicted octanol–water partition coefficient (Wildman–Crippen LogP) is 3.89. The Bertz CT molecular complexity index is 638. The van der Waals surface area contributed by atoms with E-state index < -0.39 is 0 Å². The largest absolute Gasteiger partial charge is 0.497 e. The zero-order valence-electron chi connectivity index (χ0n) is 13.3. The Morgan fingerprint density at radius 3 is 2.61 bits per heavy atom. The van der Waals surface area contributed by atoms with Gasteiger partial charge in [0.25, 0.3) is 0 Å². The number of nitrogens with one attached hydrogen (secondary N) is 2. The topological polar surface area (TPSA) is 45.7 Å². The van der Waals surface area contributed by atoms with Crippen LogP contribution in [0.2, 0.25) is 0 Å². The van der Waals surface area contributed by atoms with Crippen molar-refractivity contribution in [3.63, 3.8) is 0 Å². The van der Waals surface area contributed by atoms with Gasteiger partial charge in [0.05, 0.1) is 13.7 Å². The van der Waals surface area contributed by atoms with Crippen LogP contribution in [-0.2, 0) is 6.54 Å². The molecule has 0 saturated heterocycles. The summed E-state index contributed by atoms with van der Waals surface area (Å²) >= 11 is 1.73. The van der Waals surface area contributed by atoms with Gasteiger partial charge in [-0.15, -0.1) is 41.9 Å². The van der Waals surface area contributed by atoms with Gasteiger partial charge in [-0.25, -0.2) is 0 Å². The highest BCUT2D eigenvalue weighted by Crippen LogP contribution is 2.27. The van der Waals surface area contributed by atoms with Crippen LogP contribution in [0.25, 0.3) is 11.1 Å². The van der Waals surface area contributed by atoms with E-state index in [1.165, 1.54) is 16.0 Å². The second-order valence-electron chi connectivity index (χ2n) is 4.63. The molecule has 0 aliphatic rings. The van der Waals surface area contributed by atoms with Crippen LogP contribution in [0.1, 0.15) is 4.88 Å². The molecule has 2 aromatic rings. The summed E-state index contributed by atoms with van der Waals surface area (Å²) in [5, 5.41) is 8.60. The summed E-state index contributed by atoms with van der Waals surface area (Å²) in [6.45, 7) is 5.13. The van der Waals surface area contributed by atoms with E-state index in [9.17, 15) is 0 Å². The van der Waals surface area contributed by atoms with Crippen LogP contribution in [-0.4, -0.2) is 26.7 Å². The molecule has 0 aliphatic carbocycles. The second-order valence-corrected chi connectivity index (χ2v) is 5.62. The molecule has 2 N–H and O–H groups in total. The second kappa shape index (κ2) is 10.3. The van der Waals surface area contributed by atoms with Crippen molar-refractivity contribution in [3.8, 4) is 16.9 Å². The minimum atomic E-state index is 0. The minimum absolute atomic E-state index is 0. The van der Waals surface area contributed by atoms with E-state index in [2.05, 4.69) is 45.8 Å². The molecule has 0 bridgehead atoms. The smallest absolute Gasteiger partial charge is 0.191 e. The number of methoxy groups -OCH3 is 1. The fourth-order valence-corrected chi connectivity index (χ4v) is 2.80. The standard InChI is InChI=1S/C17H21N3OS.HI/c1-4-9-19-17(18-2)20-11-16-10-14(12-22-16)13-5-7-15(21-3)8-6-13;/h4-8,10,12H,1,9,11H2,2-3H3,(H2,18,19,20);1H. The Morgan fingerprint density at radius 1 is 1.26 bits per heavy atom. The van der Waals surface area contributed by atoms with Gasteiger partial charge in [-0.1, -0.05) is 18.2 Å².